The molecule has 1 aliphatic rings. The van der Waals surface area contributed by atoms with Gasteiger partial charge in [-0.1, -0.05) is 47.7 Å². The van der Waals surface area contributed by atoms with Crippen molar-refractivity contribution in [3.8, 4) is 11.8 Å². The van der Waals surface area contributed by atoms with Gasteiger partial charge < -0.3 is 10.1 Å². The Labute approximate surface area is 166 Å². The van der Waals surface area contributed by atoms with Crippen molar-refractivity contribution >= 4 is 17.7 Å². The minimum Gasteiger partial charge on any atom is -0.439 e. The summed E-state index contributed by atoms with van der Waals surface area (Å²) in [4.78, 5) is 16.2. The van der Waals surface area contributed by atoms with Crippen LogP contribution in [-0.2, 0) is 4.74 Å². The van der Waals surface area contributed by atoms with Crippen LogP contribution in [0.2, 0.25) is 5.02 Å². The zero-order chi connectivity index (χ0) is 19.5. The maximum absolute atomic E-state index is 13.2. The molecule has 0 spiro atoms. The van der Waals surface area contributed by atoms with Gasteiger partial charge in [-0.15, -0.1) is 0 Å². The van der Waals surface area contributed by atoms with Gasteiger partial charge in [0.05, 0.1) is 10.7 Å². The number of hydrogen-bond acceptors (Lipinski definition) is 3. The lowest BCUT2D eigenvalue weighted by molar-refractivity contribution is 0.132. The normalized spacial score (nSPS) is 18.0. The average molecular weight is 393 g/mol. The average Bonchev–Trinajstić information content (AvgIpc) is 3.10. The molecule has 0 bridgehead atoms. The van der Waals surface area contributed by atoms with Gasteiger partial charge in [0, 0.05) is 17.3 Å². The van der Waals surface area contributed by atoms with E-state index in [-0.39, 0.29) is 5.82 Å². The molecule has 28 heavy (non-hydrogen) atoms. The second-order valence-corrected chi connectivity index (χ2v) is 6.61. The van der Waals surface area contributed by atoms with E-state index in [1.807, 2.05) is 24.3 Å². The Hall–Kier alpha value is -3.36. The monoisotopic (exact) mass is 392 g/mol. The van der Waals surface area contributed by atoms with Crippen LogP contribution in [0.3, 0.4) is 0 Å². The maximum atomic E-state index is 13.2. The van der Waals surface area contributed by atoms with Crippen LogP contribution in [0.1, 0.15) is 34.5 Å². The lowest BCUT2D eigenvalue weighted by atomic mass is 9.99. The quantitative estimate of drug-likeness (QED) is 0.637. The summed E-state index contributed by atoms with van der Waals surface area (Å²) in [5.74, 6) is 5.68. The van der Waals surface area contributed by atoms with Gasteiger partial charge in [-0.05, 0) is 42.0 Å². The van der Waals surface area contributed by atoms with Crippen LogP contribution in [0.25, 0.3) is 0 Å². The standard InChI is InChI=1S/C22H14ClFN2O2/c23-18-4-2-1-3-15(18)7-5-14-6-12-19(25-13-14)20-21(28-22(27)26-20)16-8-10-17(24)11-9-16/h1-4,6,8-13,20-21H,(H,26,27)/t20-,21-/m0/s1. The van der Waals surface area contributed by atoms with E-state index in [0.29, 0.717) is 21.8 Å². The van der Waals surface area contributed by atoms with E-state index in [2.05, 4.69) is 22.1 Å². The number of hydrogen-bond donors (Lipinski definition) is 1. The molecule has 138 valence electrons. The summed E-state index contributed by atoms with van der Waals surface area (Å²) in [6, 6.07) is 16.3. The number of carbonyl (C=O) groups is 1. The van der Waals surface area contributed by atoms with Crippen molar-refractivity contribution in [1.29, 1.82) is 0 Å². The highest BCUT2D eigenvalue weighted by molar-refractivity contribution is 6.31. The number of amides is 1. The number of pyridine rings is 1. The molecule has 3 aromatic rings. The van der Waals surface area contributed by atoms with E-state index in [1.165, 1.54) is 12.1 Å². The molecule has 0 radical (unpaired) electrons. The van der Waals surface area contributed by atoms with Crippen LogP contribution in [0.5, 0.6) is 0 Å². The van der Waals surface area contributed by atoms with E-state index in [1.54, 1.807) is 30.5 Å². The van der Waals surface area contributed by atoms with Crippen LogP contribution >= 0.6 is 11.6 Å². The maximum Gasteiger partial charge on any atom is 0.408 e. The van der Waals surface area contributed by atoms with E-state index >= 15 is 0 Å². The molecule has 2 aromatic carbocycles. The number of carbonyl (C=O) groups excluding carboxylic acids is 1. The van der Waals surface area contributed by atoms with E-state index in [4.69, 9.17) is 16.3 Å². The van der Waals surface area contributed by atoms with Crippen LogP contribution < -0.4 is 5.32 Å². The van der Waals surface area contributed by atoms with Gasteiger partial charge in [-0.25, -0.2) is 9.18 Å². The van der Waals surface area contributed by atoms with Crippen LogP contribution in [0.15, 0.2) is 66.9 Å². The number of alkyl carbamates (subject to hydrolysis) is 1. The first-order chi connectivity index (χ1) is 13.6. The Morgan fingerprint density at radius 2 is 1.82 bits per heavy atom. The minimum atomic E-state index is -0.583. The molecule has 1 fully saturated rings. The van der Waals surface area contributed by atoms with Crippen molar-refractivity contribution in [2.75, 3.05) is 0 Å². The Balaban J connectivity index is 1.57. The zero-order valence-corrected chi connectivity index (χ0v) is 15.3. The van der Waals surface area contributed by atoms with E-state index < -0.39 is 18.2 Å². The van der Waals surface area contributed by atoms with Crippen LogP contribution in [-0.4, -0.2) is 11.1 Å². The second kappa shape index (κ2) is 7.71. The van der Waals surface area contributed by atoms with Gasteiger partial charge >= 0.3 is 6.09 Å². The lowest BCUT2D eigenvalue weighted by Crippen LogP contribution is -2.20. The molecule has 0 aliphatic carbocycles. The molecule has 1 amide bonds. The number of nitrogens with zero attached hydrogens (tertiary/aromatic N) is 1. The number of benzene rings is 2. The molecule has 1 aromatic heterocycles. The number of rotatable bonds is 2. The molecule has 1 saturated heterocycles. The molecule has 6 heteroatoms. The molecule has 0 saturated carbocycles. The van der Waals surface area contributed by atoms with Crippen molar-refractivity contribution in [3.05, 3.63) is 100 Å². The van der Waals surface area contributed by atoms with Crippen molar-refractivity contribution in [2.45, 2.75) is 12.1 Å². The molecular formula is C22H14ClFN2O2. The second-order valence-electron chi connectivity index (χ2n) is 6.20. The molecule has 1 N–H and O–H groups in total. The molecule has 4 rings (SSSR count). The highest BCUT2D eigenvalue weighted by atomic mass is 35.5. The number of aromatic nitrogens is 1. The third-order valence-electron chi connectivity index (χ3n) is 4.33. The Bertz CT molecular complexity index is 1070. The first-order valence-electron chi connectivity index (χ1n) is 8.55. The van der Waals surface area contributed by atoms with Gasteiger partial charge in [0.15, 0.2) is 6.10 Å². The first kappa shape index (κ1) is 18.0. The van der Waals surface area contributed by atoms with Crippen molar-refractivity contribution in [3.63, 3.8) is 0 Å². The number of ether oxygens (including phenoxy) is 1. The van der Waals surface area contributed by atoms with Crippen molar-refractivity contribution < 1.29 is 13.9 Å². The van der Waals surface area contributed by atoms with Gasteiger partial charge in [0.1, 0.15) is 11.9 Å². The Morgan fingerprint density at radius 1 is 1.04 bits per heavy atom. The van der Waals surface area contributed by atoms with E-state index in [9.17, 15) is 9.18 Å². The third kappa shape index (κ3) is 3.83. The number of halogens is 2. The molecule has 2 heterocycles. The van der Waals surface area contributed by atoms with Gasteiger partial charge in [0.25, 0.3) is 0 Å². The van der Waals surface area contributed by atoms with Crippen molar-refractivity contribution in [1.82, 2.24) is 10.3 Å². The lowest BCUT2D eigenvalue weighted by Gasteiger charge is -2.16. The SMILES string of the molecule is O=C1N[C@@H](c2ccc(C#Cc3ccccc3Cl)cn2)[C@H](c2ccc(F)cc2)O1. The summed E-state index contributed by atoms with van der Waals surface area (Å²) >= 11 is 6.10. The molecule has 4 nitrogen and oxygen atoms in total. The predicted octanol–water partition coefficient (Wildman–Crippen LogP) is 4.80. The van der Waals surface area contributed by atoms with E-state index in [0.717, 1.165) is 5.56 Å². The zero-order valence-electron chi connectivity index (χ0n) is 14.5. The minimum absolute atomic E-state index is 0.350. The smallest absolute Gasteiger partial charge is 0.408 e. The van der Waals surface area contributed by atoms with Crippen molar-refractivity contribution in [2.24, 2.45) is 0 Å². The van der Waals surface area contributed by atoms with Crippen LogP contribution in [0, 0.1) is 17.7 Å². The third-order valence-corrected chi connectivity index (χ3v) is 4.66. The topological polar surface area (TPSA) is 51.2 Å². The van der Waals surface area contributed by atoms with Gasteiger partial charge in [-0.2, -0.15) is 0 Å². The summed E-state index contributed by atoms with van der Waals surface area (Å²) < 4.78 is 18.5. The Kier molecular flexibility index (Phi) is 4.96. The van der Waals surface area contributed by atoms with Gasteiger partial charge in [-0.3, -0.25) is 4.98 Å². The molecule has 1 aliphatic heterocycles. The van der Waals surface area contributed by atoms with Crippen LogP contribution in [0.4, 0.5) is 9.18 Å². The van der Waals surface area contributed by atoms with Gasteiger partial charge in [0.2, 0.25) is 0 Å². The summed E-state index contributed by atoms with van der Waals surface area (Å²) in [7, 11) is 0. The molecular weight excluding hydrogens is 379 g/mol. The highest BCUT2D eigenvalue weighted by Gasteiger charge is 2.37. The summed E-state index contributed by atoms with van der Waals surface area (Å²) in [5, 5.41) is 3.34. The summed E-state index contributed by atoms with van der Waals surface area (Å²) in [5.41, 5.74) is 2.77. The summed E-state index contributed by atoms with van der Waals surface area (Å²) in [6.45, 7) is 0. The Morgan fingerprint density at radius 3 is 2.54 bits per heavy atom. The molecule has 2 atom stereocenters. The number of cyclic esters (lactones) is 1. The summed E-state index contributed by atoms with van der Waals surface area (Å²) in [6.07, 6.45) is 0.509. The molecule has 0 unspecified atom stereocenters. The predicted molar refractivity (Wildman–Crippen MR) is 103 cm³/mol. The highest BCUT2D eigenvalue weighted by Crippen LogP contribution is 2.35. The first-order valence-corrected chi connectivity index (χ1v) is 8.93. The fourth-order valence-electron chi connectivity index (χ4n) is 2.93. The fraction of sp³-hybridized carbons (Fsp3) is 0.0909. The fourth-order valence-corrected chi connectivity index (χ4v) is 3.11. The largest absolute Gasteiger partial charge is 0.439 e. The number of nitrogens with one attached hydrogen (secondary N) is 1.